The van der Waals surface area contributed by atoms with Crippen LogP contribution in [0.2, 0.25) is 0 Å². The quantitative estimate of drug-likeness (QED) is 0.484. The highest BCUT2D eigenvalue weighted by atomic mass is 19.4. The third-order valence-corrected chi connectivity index (χ3v) is 5.21. The number of piperazine rings is 1. The second kappa shape index (κ2) is 8.07. The molecule has 10 nitrogen and oxygen atoms in total. The van der Waals surface area contributed by atoms with E-state index in [0.29, 0.717) is 43.3 Å². The van der Waals surface area contributed by atoms with Crippen molar-refractivity contribution in [3.05, 3.63) is 43.2 Å². The molecule has 5 rings (SSSR count). The van der Waals surface area contributed by atoms with Gasteiger partial charge in [-0.15, -0.1) is 0 Å². The van der Waals surface area contributed by atoms with Crippen LogP contribution in [-0.2, 0) is 0 Å². The van der Waals surface area contributed by atoms with Gasteiger partial charge in [-0.05, 0) is 12.1 Å². The summed E-state index contributed by atoms with van der Waals surface area (Å²) in [6.07, 6.45) is 4.04. The standard InChI is InChI=1S/C19H19F3N10/c20-19(21,22)11-30-3-5-31(6-4-30)16-2-1-14(9-23-16)29-17-18-25-12-28-32(18)15(10-24-17)13-7-26-27-8-13/h1-2,7-10,12H,3-6,11H2,(H,24,29)(H,26,27). The Morgan fingerprint density at radius 1 is 1.00 bits per heavy atom. The molecule has 1 aliphatic heterocycles. The van der Waals surface area contributed by atoms with Gasteiger partial charge in [-0.3, -0.25) is 10.00 Å². The van der Waals surface area contributed by atoms with Crippen molar-refractivity contribution in [3.63, 3.8) is 0 Å². The number of pyridine rings is 1. The van der Waals surface area contributed by atoms with Gasteiger partial charge in [0.05, 0.1) is 36.5 Å². The van der Waals surface area contributed by atoms with Crippen LogP contribution in [0.3, 0.4) is 0 Å². The fourth-order valence-corrected chi connectivity index (χ4v) is 3.67. The molecule has 0 unspecified atom stereocenters. The summed E-state index contributed by atoms with van der Waals surface area (Å²) in [5.41, 5.74) is 2.84. The molecule has 1 saturated heterocycles. The highest BCUT2D eigenvalue weighted by Gasteiger charge is 2.32. The van der Waals surface area contributed by atoms with Gasteiger partial charge in [0.25, 0.3) is 0 Å². The van der Waals surface area contributed by atoms with Gasteiger partial charge in [-0.25, -0.2) is 19.5 Å². The zero-order valence-electron chi connectivity index (χ0n) is 16.8. The van der Waals surface area contributed by atoms with Crippen LogP contribution in [0.1, 0.15) is 0 Å². The number of rotatable bonds is 5. The monoisotopic (exact) mass is 444 g/mol. The Kier molecular flexibility index (Phi) is 5.09. The summed E-state index contributed by atoms with van der Waals surface area (Å²) in [6, 6.07) is 3.69. The van der Waals surface area contributed by atoms with Gasteiger partial charge in [-0.2, -0.15) is 23.4 Å². The van der Waals surface area contributed by atoms with E-state index in [1.54, 1.807) is 29.3 Å². The van der Waals surface area contributed by atoms with E-state index >= 15 is 0 Å². The highest BCUT2D eigenvalue weighted by molar-refractivity contribution is 5.73. The van der Waals surface area contributed by atoms with E-state index in [9.17, 15) is 13.2 Å². The van der Waals surface area contributed by atoms with E-state index in [0.717, 1.165) is 17.1 Å². The molecule has 166 valence electrons. The van der Waals surface area contributed by atoms with E-state index in [4.69, 9.17) is 0 Å². The molecule has 13 heteroatoms. The molecule has 1 aliphatic rings. The van der Waals surface area contributed by atoms with Crippen molar-refractivity contribution in [2.24, 2.45) is 0 Å². The van der Waals surface area contributed by atoms with Crippen LogP contribution in [0, 0.1) is 0 Å². The third kappa shape index (κ3) is 4.19. The predicted octanol–water partition coefficient (Wildman–Crippen LogP) is 2.34. The van der Waals surface area contributed by atoms with Crippen molar-refractivity contribution in [3.8, 4) is 11.3 Å². The summed E-state index contributed by atoms with van der Waals surface area (Å²) >= 11 is 0. The normalized spacial score (nSPS) is 15.4. The molecule has 0 radical (unpaired) electrons. The fraction of sp³-hybridized carbons (Fsp3) is 0.316. The molecule has 2 N–H and O–H groups in total. The van der Waals surface area contributed by atoms with Crippen molar-refractivity contribution in [1.29, 1.82) is 0 Å². The smallest absolute Gasteiger partial charge is 0.354 e. The SMILES string of the molecule is FC(F)(F)CN1CCN(c2ccc(Nc3ncc(-c4cn[nH]c4)n4ncnc34)cn2)CC1. The van der Waals surface area contributed by atoms with Gasteiger partial charge in [0, 0.05) is 37.9 Å². The molecule has 0 spiro atoms. The van der Waals surface area contributed by atoms with Crippen molar-refractivity contribution in [2.75, 3.05) is 42.9 Å². The van der Waals surface area contributed by atoms with Crippen molar-refractivity contribution >= 4 is 23.0 Å². The van der Waals surface area contributed by atoms with Crippen molar-refractivity contribution in [2.45, 2.75) is 6.18 Å². The van der Waals surface area contributed by atoms with E-state index in [2.05, 4.69) is 35.6 Å². The molecule has 32 heavy (non-hydrogen) atoms. The number of aromatic nitrogens is 7. The summed E-state index contributed by atoms with van der Waals surface area (Å²) in [4.78, 5) is 16.6. The molecule has 0 bridgehead atoms. The Morgan fingerprint density at radius 3 is 2.53 bits per heavy atom. The molecule has 0 aliphatic carbocycles. The van der Waals surface area contributed by atoms with Gasteiger partial charge in [0.2, 0.25) is 0 Å². The van der Waals surface area contributed by atoms with E-state index in [-0.39, 0.29) is 0 Å². The molecular formula is C19H19F3N10. The number of halogens is 3. The number of hydrogen-bond acceptors (Lipinski definition) is 8. The Bertz CT molecular complexity index is 1180. The average Bonchev–Trinajstić information content (AvgIpc) is 3.47. The first-order valence-electron chi connectivity index (χ1n) is 9.91. The topological polar surface area (TPSA) is 103 Å². The Labute approximate surface area is 180 Å². The summed E-state index contributed by atoms with van der Waals surface area (Å²) in [5.74, 6) is 1.24. The summed E-state index contributed by atoms with van der Waals surface area (Å²) in [5, 5.41) is 14.2. The number of nitrogens with one attached hydrogen (secondary N) is 2. The Hall–Kier alpha value is -3.74. The van der Waals surface area contributed by atoms with E-state index in [1.807, 2.05) is 17.0 Å². The van der Waals surface area contributed by atoms with Crippen LogP contribution in [-0.4, -0.2) is 78.6 Å². The maximum absolute atomic E-state index is 12.6. The van der Waals surface area contributed by atoms with Crippen LogP contribution in [0.5, 0.6) is 0 Å². The van der Waals surface area contributed by atoms with E-state index in [1.165, 1.54) is 11.2 Å². The van der Waals surface area contributed by atoms with Gasteiger partial charge in [0.1, 0.15) is 12.1 Å². The minimum absolute atomic E-state index is 0.346. The highest BCUT2D eigenvalue weighted by Crippen LogP contribution is 2.25. The Balaban J connectivity index is 1.27. The van der Waals surface area contributed by atoms with Gasteiger partial charge in [-0.1, -0.05) is 0 Å². The van der Waals surface area contributed by atoms with Crippen molar-refractivity contribution < 1.29 is 13.2 Å². The third-order valence-electron chi connectivity index (χ3n) is 5.21. The molecule has 0 saturated carbocycles. The van der Waals surface area contributed by atoms with Crippen LogP contribution in [0.4, 0.5) is 30.5 Å². The summed E-state index contributed by atoms with van der Waals surface area (Å²) < 4.78 is 39.3. The van der Waals surface area contributed by atoms with Gasteiger partial charge in [0.15, 0.2) is 11.5 Å². The van der Waals surface area contributed by atoms with Crippen LogP contribution in [0.25, 0.3) is 16.9 Å². The van der Waals surface area contributed by atoms with Crippen LogP contribution >= 0.6 is 0 Å². The van der Waals surface area contributed by atoms with Crippen molar-refractivity contribution in [1.82, 2.24) is 39.7 Å². The van der Waals surface area contributed by atoms with Gasteiger partial charge >= 0.3 is 6.18 Å². The number of hydrogen-bond donors (Lipinski definition) is 2. The lowest BCUT2D eigenvalue weighted by molar-refractivity contribution is -0.146. The molecule has 0 atom stereocenters. The van der Waals surface area contributed by atoms with E-state index < -0.39 is 12.7 Å². The average molecular weight is 444 g/mol. The summed E-state index contributed by atoms with van der Waals surface area (Å²) in [7, 11) is 0. The zero-order valence-corrected chi connectivity index (χ0v) is 16.8. The first kappa shape index (κ1) is 20.2. The molecule has 4 aromatic rings. The molecule has 4 aromatic heterocycles. The number of H-pyrrole nitrogens is 1. The second-order valence-corrected chi connectivity index (χ2v) is 7.38. The maximum Gasteiger partial charge on any atom is 0.401 e. The number of fused-ring (bicyclic) bond motifs is 1. The van der Waals surface area contributed by atoms with Crippen LogP contribution < -0.4 is 10.2 Å². The molecule has 5 heterocycles. The zero-order chi connectivity index (χ0) is 22.1. The number of anilines is 3. The molecular weight excluding hydrogens is 425 g/mol. The molecule has 1 fully saturated rings. The van der Waals surface area contributed by atoms with Gasteiger partial charge < -0.3 is 10.2 Å². The largest absolute Gasteiger partial charge is 0.401 e. The number of aromatic amines is 1. The minimum atomic E-state index is -4.17. The second-order valence-electron chi connectivity index (χ2n) is 7.38. The lowest BCUT2D eigenvalue weighted by Crippen LogP contribution is -2.49. The number of nitrogens with zero attached hydrogens (tertiary/aromatic N) is 8. The maximum atomic E-state index is 12.6. The minimum Gasteiger partial charge on any atom is -0.354 e. The lowest BCUT2D eigenvalue weighted by Gasteiger charge is -2.35. The molecule has 0 amide bonds. The Morgan fingerprint density at radius 2 is 1.84 bits per heavy atom. The van der Waals surface area contributed by atoms with Crippen LogP contribution in [0.15, 0.2) is 43.2 Å². The summed E-state index contributed by atoms with van der Waals surface area (Å²) in [6.45, 7) is 0.805. The molecule has 0 aromatic carbocycles. The predicted molar refractivity (Wildman–Crippen MR) is 111 cm³/mol. The lowest BCUT2D eigenvalue weighted by atomic mass is 10.2. The first-order valence-corrected chi connectivity index (χ1v) is 9.91. The fourth-order valence-electron chi connectivity index (χ4n) is 3.67. The number of alkyl halides is 3. The first-order chi connectivity index (χ1) is 15.5.